The summed E-state index contributed by atoms with van der Waals surface area (Å²) in [7, 11) is -1.02. The third kappa shape index (κ3) is 2.31. The molecule has 1 aromatic heterocycles. The Kier molecular flexibility index (Phi) is 3.27. The van der Waals surface area contributed by atoms with Gasteiger partial charge >= 0.3 is 0 Å². The highest BCUT2D eigenvalue weighted by molar-refractivity contribution is 7.91. The van der Waals surface area contributed by atoms with Gasteiger partial charge in [0, 0.05) is 20.1 Å². The van der Waals surface area contributed by atoms with E-state index >= 15 is 0 Å². The zero-order valence-electron chi connectivity index (χ0n) is 11.0. The summed E-state index contributed by atoms with van der Waals surface area (Å²) in [6.07, 6.45) is 0. The van der Waals surface area contributed by atoms with Crippen molar-refractivity contribution in [3.8, 4) is 0 Å². The van der Waals surface area contributed by atoms with Crippen LogP contribution in [0.15, 0.2) is 0 Å². The maximum absolute atomic E-state index is 11.4. The first-order chi connectivity index (χ1) is 8.32. The lowest BCUT2D eigenvalue weighted by molar-refractivity contribution is 0.584. The molecule has 18 heavy (non-hydrogen) atoms. The monoisotopic (exact) mass is 272 g/mol. The van der Waals surface area contributed by atoms with Gasteiger partial charge in [-0.05, 0) is 5.92 Å². The molecule has 2 heterocycles. The van der Waals surface area contributed by atoms with Crippen LogP contribution in [0.4, 0.5) is 11.5 Å². The Morgan fingerprint density at radius 1 is 1.28 bits per heavy atom. The average Bonchev–Trinajstić information content (AvgIpc) is 2.56. The molecule has 1 saturated heterocycles. The van der Waals surface area contributed by atoms with Crippen LogP contribution in [0.1, 0.15) is 25.5 Å². The van der Waals surface area contributed by atoms with E-state index in [4.69, 9.17) is 5.73 Å². The summed E-state index contributed by atoms with van der Waals surface area (Å²) in [5.74, 6) is 1.48. The van der Waals surface area contributed by atoms with E-state index < -0.39 is 9.84 Å². The zero-order chi connectivity index (χ0) is 13.5. The minimum Gasteiger partial charge on any atom is -0.394 e. The molecule has 0 aliphatic carbocycles. The van der Waals surface area contributed by atoms with E-state index in [-0.39, 0.29) is 17.4 Å². The van der Waals surface area contributed by atoms with Gasteiger partial charge in [-0.2, -0.15) is 5.10 Å². The minimum absolute atomic E-state index is 0.189. The summed E-state index contributed by atoms with van der Waals surface area (Å²) in [6, 6.07) is 0. The molecule has 102 valence electrons. The maximum atomic E-state index is 11.4. The summed E-state index contributed by atoms with van der Waals surface area (Å²) in [4.78, 5) is 2.01. The number of nitrogens with zero attached hydrogens (tertiary/aromatic N) is 3. The van der Waals surface area contributed by atoms with Gasteiger partial charge in [0.1, 0.15) is 5.82 Å². The predicted octanol–water partition coefficient (Wildman–Crippen LogP) is 0.361. The maximum Gasteiger partial charge on any atom is 0.153 e. The van der Waals surface area contributed by atoms with Crippen molar-refractivity contribution < 1.29 is 8.42 Å². The van der Waals surface area contributed by atoms with Gasteiger partial charge in [0.15, 0.2) is 9.84 Å². The van der Waals surface area contributed by atoms with Crippen LogP contribution in [0.25, 0.3) is 0 Å². The second kappa shape index (κ2) is 4.46. The number of anilines is 2. The highest BCUT2D eigenvalue weighted by atomic mass is 32.2. The van der Waals surface area contributed by atoms with Crippen molar-refractivity contribution in [3.63, 3.8) is 0 Å². The molecule has 0 spiro atoms. The summed E-state index contributed by atoms with van der Waals surface area (Å²) in [6.45, 7) is 5.07. The molecule has 7 heteroatoms. The second-order valence-electron chi connectivity index (χ2n) is 5.04. The Bertz CT molecular complexity index is 534. The van der Waals surface area contributed by atoms with E-state index in [0.29, 0.717) is 18.8 Å². The van der Waals surface area contributed by atoms with Crippen molar-refractivity contribution >= 4 is 21.3 Å². The highest BCUT2D eigenvalue weighted by Gasteiger charge is 2.27. The molecule has 1 fully saturated rings. The van der Waals surface area contributed by atoms with Crippen LogP contribution >= 0.6 is 0 Å². The number of aromatic nitrogens is 2. The summed E-state index contributed by atoms with van der Waals surface area (Å²) < 4.78 is 24.6. The lowest BCUT2D eigenvalue weighted by Gasteiger charge is -2.28. The Balaban J connectivity index is 2.30. The lowest BCUT2D eigenvalue weighted by atomic mass is 10.1. The third-order valence-electron chi connectivity index (χ3n) is 3.27. The lowest BCUT2D eigenvalue weighted by Crippen LogP contribution is -2.41. The third-order valence-corrected chi connectivity index (χ3v) is 4.88. The van der Waals surface area contributed by atoms with Crippen LogP contribution in [0.3, 0.4) is 0 Å². The first kappa shape index (κ1) is 13.2. The Morgan fingerprint density at radius 2 is 1.83 bits per heavy atom. The minimum atomic E-state index is -2.87. The largest absolute Gasteiger partial charge is 0.394 e. The number of rotatable bonds is 2. The van der Waals surface area contributed by atoms with Crippen molar-refractivity contribution in [2.45, 2.75) is 19.8 Å². The van der Waals surface area contributed by atoms with Gasteiger partial charge in [-0.3, -0.25) is 4.68 Å². The quantitative estimate of drug-likeness (QED) is 0.840. The van der Waals surface area contributed by atoms with Crippen LogP contribution in [-0.4, -0.2) is 42.8 Å². The van der Waals surface area contributed by atoms with E-state index in [1.54, 1.807) is 4.68 Å². The van der Waals surface area contributed by atoms with Gasteiger partial charge in [0.2, 0.25) is 0 Å². The first-order valence-corrected chi connectivity index (χ1v) is 7.91. The van der Waals surface area contributed by atoms with Gasteiger partial charge < -0.3 is 10.6 Å². The zero-order valence-corrected chi connectivity index (χ0v) is 11.9. The van der Waals surface area contributed by atoms with Crippen molar-refractivity contribution in [1.29, 1.82) is 0 Å². The Hall–Kier alpha value is -1.24. The van der Waals surface area contributed by atoms with E-state index in [1.165, 1.54) is 0 Å². The number of hydrogen-bond acceptors (Lipinski definition) is 5. The van der Waals surface area contributed by atoms with Gasteiger partial charge in [0.25, 0.3) is 0 Å². The molecule has 0 saturated carbocycles. The van der Waals surface area contributed by atoms with Crippen LogP contribution in [0, 0.1) is 0 Å². The number of nitrogen functional groups attached to an aromatic ring is 1. The molecule has 2 rings (SSSR count). The highest BCUT2D eigenvalue weighted by Crippen LogP contribution is 2.31. The Morgan fingerprint density at radius 3 is 2.28 bits per heavy atom. The number of hydrogen-bond donors (Lipinski definition) is 1. The smallest absolute Gasteiger partial charge is 0.153 e. The molecule has 6 nitrogen and oxygen atoms in total. The topological polar surface area (TPSA) is 81.2 Å². The normalized spacial score (nSPS) is 19.4. The number of sulfone groups is 1. The van der Waals surface area contributed by atoms with Gasteiger partial charge in [0.05, 0.1) is 22.9 Å². The van der Waals surface area contributed by atoms with Gasteiger partial charge in [-0.1, -0.05) is 13.8 Å². The molecular weight excluding hydrogens is 252 g/mol. The van der Waals surface area contributed by atoms with Crippen LogP contribution in [0.5, 0.6) is 0 Å². The van der Waals surface area contributed by atoms with Crippen LogP contribution in [0.2, 0.25) is 0 Å². The second-order valence-corrected chi connectivity index (χ2v) is 7.34. The van der Waals surface area contributed by atoms with Crippen molar-refractivity contribution in [2.75, 3.05) is 35.2 Å². The number of nitrogens with two attached hydrogens (primary N) is 1. The van der Waals surface area contributed by atoms with E-state index in [2.05, 4.69) is 5.10 Å². The molecule has 1 aliphatic heterocycles. The molecule has 0 amide bonds. The molecule has 2 N–H and O–H groups in total. The SMILES string of the molecule is CC(C)c1nn(C)c(N2CCS(=O)(=O)CC2)c1N. The molecule has 0 atom stereocenters. The van der Waals surface area contributed by atoms with Crippen molar-refractivity contribution in [2.24, 2.45) is 7.05 Å². The first-order valence-electron chi connectivity index (χ1n) is 6.09. The summed E-state index contributed by atoms with van der Waals surface area (Å²) in [5.41, 5.74) is 7.68. The molecule has 0 bridgehead atoms. The molecule has 1 aromatic rings. The summed E-state index contributed by atoms with van der Waals surface area (Å²) >= 11 is 0. The van der Waals surface area contributed by atoms with Gasteiger partial charge in [-0.25, -0.2) is 8.42 Å². The predicted molar refractivity (Wildman–Crippen MR) is 72.6 cm³/mol. The standard InChI is InChI=1S/C11H20N4O2S/c1-8(2)10-9(12)11(14(3)13-10)15-4-6-18(16,17)7-5-15/h8H,4-7,12H2,1-3H3. The van der Waals surface area contributed by atoms with E-state index in [9.17, 15) is 8.42 Å². The average molecular weight is 272 g/mol. The Labute approximate surface area is 108 Å². The molecule has 0 aromatic carbocycles. The number of aryl methyl sites for hydroxylation is 1. The fourth-order valence-corrected chi connectivity index (χ4v) is 3.48. The molecule has 0 radical (unpaired) electrons. The molecule has 0 unspecified atom stereocenters. The van der Waals surface area contributed by atoms with Crippen LogP contribution < -0.4 is 10.6 Å². The van der Waals surface area contributed by atoms with Crippen molar-refractivity contribution in [1.82, 2.24) is 9.78 Å². The molecular formula is C11H20N4O2S. The summed E-state index contributed by atoms with van der Waals surface area (Å²) in [5, 5.41) is 4.42. The van der Waals surface area contributed by atoms with E-state index in [1.807, 2.05) is 25.8 Å². The van der Waals surface area contributed by atoms with Gasteiger partial charge in [-0.15, -0.1) is 0 Å². The fourth-order valence-electron chi connectivity index (χ4n) is 2.28. The molecule has 1 aliphatic rings. The van der Waals surface area contributed by atoms with Crippen molar-refractivity contribution in [3.05, 3.63) is 5.69 Å². The fraction of sp³-hybridized carbons (Fsp3) is 0.727. The van der Waals surface area contributed by atoms with E-state index in [0.717, 1.165) is 11.5 Å². The van der Waals surface area contributed by atoms with Crippen LogP contribution in [-0.2, 0) is 16.9 Å².